The highest BCUT2D eigenvalue weighted by Crippen LogP contribution is 2.36. The minimum absolute atomic E-state index is 0.221. The van der Waals surface area contributed by atoms with Crippen molar-refractivity contribution in [2.24, 2.45) is 0 Å². The van der Waals surface area contributed by atoms with Crippen molar-refractivity contribution >= 4 is 23.6 Å². The number of alkyl carbamates (subject to hydrolysis) is 1. The summed E-state index contributed by atoms with van der Waals surface area (Å²) in [6.45, 7) is 2.60. The molecule has 2 N–H and O–H groups in total. The molecule has 0 aromatic heterocycles. The Morgan fingerprint density at radius 1 is 1.03 bits per heavy atom. The fourth-order valence-corrected chi connectivity index (χ4v) is 4.32. The molecule has 160 valence electrons. The summed E-state index contributed by atoms with van der Waals surface area (Å²) in [6.07, 6.45) is -0.584. The number of nitrogens with zero attached hydrogens (tertiary/aromatic N) is 1. The van der Waals surface area contributed by atoms with E-state index in [-0.39, 0.29) is 11.1 Å². The minimum Gasteiger partial charge on any atom is -0.444 e. The molecule has 8 nitrogen and oxygen atoms in total. The number of fused-ring (bicyclic) bond motifs is 1. The molecule has 3 amide bonds. The van der Waals surface area contributed by atoms with Crippen LogP contribution in [0.1, 0.15) is 26.3 Å². The van der Waals surface area contributed by atoms with E-state index in [1.807, 2.05) is 4.90 Å². The molecule has 0 aliphatic carbocycles. The molecule has 0 unspecified atom stereocenters. The first-order valence-electron chi connectivity index (χ1n) is 10.1. The molecule has 0 radical (unpaired) electrons. The van der Waals surface area contributed by atoms with Gasteiger partial charge in [0.25, 0.3) is 11.8 Å². The predicted octanol–water partition coefficient (Wildman–Crippen LogP) is 1.86. The summed E-state index contributed by atoms with van der Waals surface area (Å²) in [4.78, 5) is 38.1. The molecular formula is C22H20FN3O5. The zero-order valence-electron chi connectivity index (χ0n) is 16.6. The molecular weight excluding hydrogens is 405 g/mol. The summed E-state index contributed by atoms with van der Waals surface area (Å²) >= 11 is 0. The zero-order valence-corrected chi connectivity index (χ0v) is 16.6. The highest BCUT2D eigenvalue weighted by Gasteiger charge is 2.33. The van der Waals surface area contributed by atoms with Gasteiger partial charge in [-0.3, -0.25) is 14.9 Å². The number of ether oxygens (including phenoxy) is 2. The highest BCUT2D eigenvalue weighted by molar-refractivity contribution is 6.24. The normalized spacial score (nSPS) is 20.4. The van der Waals surface area contributed by atoms with Crippen LogP contribution in [-0.2, 0) is 15.9 Å². The summed E-state index contributed by atoms with van der Waals surface area (Å²) in [5, 5.41) is 4.91. The van der Waals surface area contributed by atoms with Crippen LogP contribution in [0.25, 0.3) is 11.1 Å². The fourth-order valence-electron chi connectivity index (χ4n) is 4.32. The van der Waals surface area contributed by atoms with Crippen molar-refractivity contribution in [2.45, 2.75) is 12.5 Å². The molecule has 2 aromatic rings. The summed E-state index contributed by atoms with van der Waals surface area (Å²) < 4.78 is 25.7. The van der Waals surface area contributed by atoms with E-state index in [0.29, 0.717) is 61.6 Å². The average Bonchev–Trinajstić information content (AvgIpc) is 3.30. The largest absolute Gasteiger partial charge is 0.444 e. The maximum atomic E-state index is 15.1. The second-order valence-electron chi connectivity index (χ2n) is 7.68. The van der Waals surface area contributed by atoms with Crippen LogP contribution in [0.5, 0.6) is 0 Å². The lowest BCUT2D eigenvalue weighted by Crippen LogP contribution is -2.36. The number of carbonyl (C=O) groups is 3. The number of halogens is 1. The third kappa shape index (κ3) is 3.50. The molecule has 3 aliphatic rings. The Morgan fingerprint density at radius 2 is 1.84 bits per heavy atom. The van der Waals surface area contributed by atoms with Crippen LogP contribution in [0.2, 0.25) is 0 Å². The van der Waals surface area contributed by atoms with Crippen molar-refractivity contribution in [1.82, 2.24) is 10.6 Å². The lowest BCUT2D eigenvalue weighted by atomic mass is 9.89. The van der Waals surface area contributed by atoms with E-state index in [1.54, 1.807) is 24.3 Å². The molecule has 31 heavy (non-hydrogen) atoms. The smallest absolute Gasteiger partial charge is 0.407 e. The molecule has 3 heterocycles. The summed E-state index contributed by atoms with van der Waals surface area (Å²) in [6, 6.07) is 8.13. The Hall–Kier alpha value is -3.46. The zero-order chi connectivity index (χ0) is 21.5. The number of carbonyl (C=O) groups excluding carboxylic acids is 3. The van der Waals surface area contributed by atoms with Gasteiger partial charge in [0, 0.05) is 19.5 Å². The standard InChI is InChI=1S/C22H20FN3O5/c23-16-10-13(2-4-17(16)26-5-7-30-8-6-26)18-12(9-14-11-24-22(29)31-14)1-3-15-19(18)21(28)25-20(15)27/h1-4,10,14H,5-9,11H2,(H,24,29)(H,25,27,28)/t14-/m0/s1. The Labute approximate surface area is 177 Å². The quantitative estimate of drug-likeness (QED) is 0.726. The number of rotatable bonds is 4. The van der Waals surface area contributed by atoms with Gasteiger partial charge in [-0.2, -0.15) is 0 Å². The number of nitrogens with one attached hydrogen (secondary N) is 2. The molecule has 5 rings (SSSR count). The van der Waals surface area contributed by atoms with Crippen molar-refractivity contribution in [3.8, 4) is 11.1 Å². The molecule has 2 aromatic carbocycles. The molecule has 0 saturated carbocycles. The van der Waals surface area contributed by atoms with E-state index >= 15 is 4.39 Å². The van der Waals surface area contributed by atoms with Crippen LogP contribution < -0.4 is 15.5 Å². The number of hydrogen-bond donors (Lipinski definition) is 2. The van der Waals surface area contributed by atoms with Gasteiger partial charge in [-0.25, -0.2) is 9.18 Å². The second kappa shape index (κ2) is 7.66. The van der Waals surface area contributed by atoms with E-state index in [0.717, 1.165) is 0 Å². The van der Waals surface area contributed by atoms with Crippen molar-refractivity contribution < 1.29 is 28.2 Å². The number of imide groups is 1. The maximum Gasteiger partial charge on any atom is 0.407 e. The van der Waals surface area contributed by atoms with Crippen LogP contribution >= 0.6 is 0 Å². The number of cyclic esters (lactones) is 1. The molecule has 9 heteroatoms. The molecule has 0 bridgehead atoms. The number of benzene rings is 2. The molecule has 1 atom stereocenters. The van der Waals surface area contributed by atoms with Crippen molar-refractivity contribution in [3.05, 3.63) is 52.8 Å². The van der Waals surface area contributed by atoms with Crippen molar-refractivity contribution in [3.63, 3.8) is 0 Å². The number of amides is 3. The van der Waals surface area contributed by atoms with Crippen LogP contribution in [0.15, 0.2) is 30.3 Å². The average molecular weight is 425 g/mol. The van der Waals surface area contributed by atoms with Gasteiger partial charge in [-0.1, -0.05) is 12.1 Å². The van der Waals surface area contributed by atoms with Gasteiger partial charge in [-0.15, -0.1) is 0 Å². The van der Waals surface area contributed by atoms with E-state index < -0.39 is 29.8 Å². The Balaban J connectivity index is 1.58. The van der Waals surface area contributed by atoms with E-state index in [9.17, 15) is 14.4 Å². The van der Waals surface area contributed by atoms with E-state index in [2.05, 4.69) is 10.6 Å². The van der Waals surface area contributed by atoms with E-state index in [4.69, 9.17) is 9.47 Å². The summed E-state index contributed by atoms with van der Waals surface area (Å²) in [5.41, 5.74) is 2.61. The van der Waals surface area contributed by atoms with Crippen molar-refractivity contribution in [1.29, 1.82) is 0 Å². The van der Waals surface area contributed by atoms with Gasteiger partial charge in [0.2, 0.25) is 0 Å². The van der Waals surface area contributed by atoms with Gasteiger partial charge >= 0.3 is 6.09 Å². The van der Waals surface area contributed by atoms with Gasteiger partial charge < -0.3 is 19.7 Å². The molecule has 2 fully saturated rings. The highest BCUT2D eigenvalue weighted by atomic mass is 19.1. The summed E-state index contributed by atoms with van der Waals surface area (Å²) in [5.74, 6) is -1.41. The SMILES string of the molecule is O=C1NC[C@H](Cc2ccc3c(c2-c2ccc(N4CCOCC4)c(F)c2)C(=O)NC3=O)O1. The number of anilines is 1. The van der Waals surface area contributed by atoms with Crippen LogP contribution in [0.3, 0.4) is 0 Å². The monoisotopic (exact) mass is 425 g/mol. The predicted molar refractivity (Wildman–Crippen MR) is 109 cm³/mol. The molecule has 3 aliphatic heterocycles. The first-order chi connectivity index (χ1) is 15.0. The second-order valence-corrected chi connectivity index (χ2v) is 7.68. The topological polar surface area (TPSA) is 97.0 Å². The van der Waals surface area contributed by atoms with Gasteiger partial charge in [0.05, 0.1) is 36.6 Å². The Bertz CT molecular complexity index is 1100. The first-order valence-corrected chi connectivity index (χ1v) is 10.1. The molecule has 2 saturated heterocycles. The number of morpholine rings is 1. The third-order valence-corrected chi connectivity index (χ3v) is 5.77. The lowest BCUT2D eigenvalue weighted by Gasteiger charge is -2.29. The maximum absolute atomic E-state index is 15.1. The minimum atomic E-state index is -0.518. The Kier molecular flexibility index (Phi) is 4.82. The number of hydrogen-bond acceptors (Lipinski definition) is 6. The molecule has 0 spiro atoms. The van der Waals surface area contributed by atoms with E-state index in [1.165, 1.54) is 6.07 Å². The fraction of sp³-hybridized carbons (Fsp3) is 0.318. The Morgan fingerprint density at radius 3 is 2.55 bits per heavy atom. The van der Waals surface area contributed by atoms with Gasteiger partial charge in [0.15, 0.2) is 0 Å². The van der Waals surface area contributed by atoms with Gasteiger partial charge in [0.1, 0.15) is 11.9 Å². The summed E-state index contributed by atoms with van der Waals surface area (Å²) in [7, 11) is 0. The van der Waals surface area contributed by atoms with Crippen LogP contribution in [0, 0.1) is 5.82 Å². The van der Waals surface area contributed by atoms with Crippen LogP contribution in [-0.4, -0.2) is 56.9 Å². The van der Waals surface area contributed by atoms with Gasteiger partial charge in [-0.05, 0) is 34.9 Å². The first kappa shape index (κ1) is 19.5. The third-order valence-electron chi connectivity index (χ3n) is 5.77. The lowest BCUT2D eigenvalue weighted by molar-refractivity contribution is 0.0879. The van der Waals surface area contributed by atoms with Crippen molar-refractivity contribution in [2.75, 3.05) is 37.7 Å². The van der Waals surface area contributed by atoms with Crippen LogP contribution in [0.4, 0.5) is 14.9 Å².